The van der Waals surface area contributed by atoms with Gasteiger partial charge in [0.1, 0.15) is 0 Å². The van der Waals surface area contributed by atoms with E-state index in [2.05, 4.69) is 0 Å². The molecular weight excluding hydrogens is 240 g/mol. The second-order valence-electron chi connectivity index (χ2n) is 2.47. The van der Waals surface area contributed by atoms with Gasteiger partial charge in [0.2, 0.25) is 0 Å². The second-order valence-corrected chi connectivity index (χ2v) is 2.47. The number of rotatable bonds is 1. The van der Waals surface area contributed by atoms with E-state index in [1.165, 1.54) is 25.7 Å². The summed E-state index contributed by atoms with van der Waals surface area (Å²) in [5.41, 5.74) is 0. The molecule has 0 atom stereocenters. The topological polar surface area (TPSA) is 49.7 Å². The summed E-state index contributed by atoms with van der Waals surface area (Å²) < 4.78 is 5.19. The first-order valence-corrected chi connectivity index (χ1v) is 4.21. The van der Waals surface area contributed by atoms with Gasteiger partial charge in [-0.3, -0.25) is 0 Å². The van der Waals surface area contributed by atoms with Crippen LogP contribution in [0, 0.1) is 0 Å². The summed E-state index contributed by atoms with van der Waals surface area (Å²) in [6, 6.07) is 0. The molecule has 132 valence electrons. The third-order valence-electron chi connectivity index (χ3n) is 1.43. The van der Waals surface area contributed by atoms with Crippen molar-refractivity contribution in [1.29, 1.82) is 0 Å². The van der Waals surface area contributed by atoms with E-state index < -0.39 is 0 Å². The van der Waals surface area contributed by atoms with E-state index in [9.17, 15) is 0 Å². The monoisotopic (exact) mass is 290 g/mol. The predicted octanol–water partition coefficient (Wildman–Crippen LogP) is 5.64. The van der Waals surface area contributed by atoms with Crippen molar-refractivity contribution in [3.8, 4) is 0 Å². The van der Waals surface area contributed by atoms with Crippen LogP contribution in [0.25, 0.3) is 0 Å². The van der Waals surface area contributed by atoms with Gasteiger partial charge in [0.05, 0.1) is 13.2 Å². The maximum atomic E-state index is 7.62. The highest BCUT2D eigenvalue weighted by Crippen LogP contribution is 2.04. The number of aliphatic hydroxyl groups is 2. The van der Waals surface area contributed by atoms with Crippen LogP contribution >= 0.6 is 0 Å². The van der Waals surface area contributed by atoms with Gasteiger partial charge in [0.15, 0.2) is 0 Å². The quantitative estimate of drug-likeness (QED) is 0.657. The lowest BCUT2D eigenvalue weighted by Gasteiger charge is -1.91. The zero-order chi connectivity index (χ0) is 8.36. The van der Waals surface area contributed by atoms with Crippen molar-refractivity contribution in [2.45, 2.75) is 85.1 Å². The van der Waals surface area contributed by atoms with Crippen molar-refractivity contribution in [3.63, 3.8) is 0 Å². The van der Waals surface area contributed by atoms with Crippen LogP contribution in [0.15, 0.2) is 0 Å². The van der Waals surface area contributed by atoms with Crippen LogP contribution in [0.4, 0.5) is 0 Å². The van der Waals surface area contributed by atoms with Gasteiger partial charge in [-0.15, -0.1) is 0 Å². The summed E-state index contributed by atoms with van der Waals surface area (Å²) in [5, 5.41) is 15.2. The number of aliphatic hydroxyl groups excluding tert-OH is 2. The van der Waals surface area contributed by atoms with Gasteiger partial charge in [-0.05, 0) is 12.8 Å². The van der Waals surface area contributed by atoms with Crippen molar-refractivity contribution in [2.24, 2.45) is 0 Å². The molecule has 0 aromatic heterocycles. The first kappa shape index (κ1) is 61.8. The third kappa shape index (κ3) is 72.6. The van der Waals surface area contributed by atoms with Gasteiger partial charge >= 0.3 is 0 Å². The Labute approximate surface area is 127 Å². The molecule has 0 aliphatic carbocycles. The number of ether oxygens (including phenoxy) is 1. The van der Waals surface area contributed by atoms with Crippen molar-refractivity contribution in [1.82, 2.24) is 0 Å². The lowest BCUT2D eigenvalue weighted by molar-refractivity contribution is 0.144. The molecule has 0 radical (unpaired) electrons. The van der Waals surface area contributed by atoms with E-state index in [4.69, 9.17) is 14.9 Å². The van der Waals surface area contributed by atoms with Crippen molar-refractivity contribution in [2.75, 3.05) is 26.4 Å². The van der Waals surface area contributed by atoms with E-state index >= 15 is 0 Å². The summed E-state index contributed by atoms with van der Waals surface area (Å²) in [7, 11) is 0. The second kappa shape index (κ2) is 64.6. The third-order valence-corrected chi connectivity index (χ3v) is 1.43. The lowest BCUT2D eigenvalue weighted by atomic mass is 10.2. The molecule has 1 aliphatic heterocycles. The molecule has 3 heteroatoms. The largest absolute Gasteiger partial charge is 0.394 e. The maximum absolute atomic E-state index is 7.62. The Hall–Kier alpha value is -0.120. The summed E-state index contributed by atoms with van der Waals surface area (Å²) in [6.07, 6.45) is 5.31. The highest BCUT2D eigenvalue weighted by atomic mass is 16.5. The first-order valence-electron chi connectivity index (χ1n) is 4.21. The molecule has 1 heterocycles. The van der Waals surface area contributed by atoms with Crippen LogP contribution in [0.1, 0.15) is 85.1 Å². The predicted molar refractivity (Wildman–Crippen MR) is 97.3 cm³/mol. The van der Waals surface area contributed by atoms with E-state index in [1.54, 1.807) is 0 Å². The zero-order valence-electron chi connectivity index (χ0n) is 6.96. The molecule has 0 saturated carbocycles. The molecule has 1 fully saturated rings. The van der Waals surface area contributed by atoms with Crippen LogP contribution < -0.4 is 0 Å². The molecule has 0 bridgehead atoms. The minimum absolute atomic E-state index is 0. The summed E-state index contributed by atoms with van der Waals surface area (Å²) in [5.74, 6) is 0. The average molecular weight is 291 g/mol. The van der Waals surface area contributed by atoms with Crippen LogP contribution in [0.2, 0.25) is 0 Å². The Bertz CT molecular complexity index is 47.4. The smallest absolute Gasteiger partial charge is 0.0662 e. The van der Waals surface area contributed by atoms with Crippen LogP contribution in [-0.2, 0) is 4.74 Å². The minimum atomic E-state index is -0.125. The Morgan fingerprint density at radius 3 is 1.00 bits per heavy atom. The van der Waals surface area contributed by atoms with Crippen molar-refractivity contribution in [3.05, 3.63) is 0 Å². The Morgan fingerprint density at radius 1 is 0.526 bits per heavy atom. The van der Waals surface area contributed by atoms with Gasteiger partial charge in [0, 0.05) is 13.2 Å². The van der Waals surface area contributed by atoms with E-state index in [-0.39, 0.29) is 72.6 Å². The molecule has 0 amide bonds. The summed E-state index contributed by atoms with van der Waals surface area (Å²) in [4.78, 5) is 0. The summed E-state index contributed by atoms with van der Waals surface area (Å²) in [6.45, 7) is 1.75. The first-order chi connectivity index (χ1) is 5.41. The summed E-state index contributed by atoms with van der Waals surface area (Å²) >= 11 is 0. The van der Waals surface area contributed by atoms with E-state index in [0.29, 0.717) is 0 Å². The number of hydrogen-bond donors (Lipinski definition) is 2. The molecule has 0 aromatic rings. The molecule has 0 unspecified atom stereocenters. The zero-order valence-corrected chi connectivity index (χ0v) is 6.96. The van der Waals surface area contributed by atoms with E-state index in [0.717, 1.165) is 13.2 Å². The van der Waals surface area contributed by atoms with Gasteiger partial charge < -0.3 is 14.9 Å². The Kier molecular flexibility index (Phi) is 210. The fourth-order valence-corrected chi connectivity index (χ4v) is 0.864. The molecule has 3 nitrogen and oxygen atoms in total. The normalized spacial score (nSPS) is 10.4. The highest BCUT2D eigenvalue weighted by Gasteiger charge is 1.95. The molecule has 1 saturated heterocycles. The minimum Gasteiger partial charge on any atom is -0.394 e. The lowest BCUT2D eigenvalue weighted by Crippen LogP contribution is -1.89. The van der Waals surface area contributed by atoms with Crippen LogP contribution in [-0.4, -0.2) is 36.6 Å². The molecule has 2 N–H and O–H groups in total. The molecule has 0 spiro atoms. The van der Waals surface area contributed by atoms with Crippen molar-refractivity contribution >= 4 is 0 Å². The van der Waals surface area contributed by atoms with Gasteiger partial charge in [0.25, 0.3) is 0 Å². The standard InChI is InChI=1S/C6H12O.C2H6O2.8CH4/c1-2-4-6-7-5-3-1;3-1-2-4;;;;;;;;/h1-6H2;3-4H,1-2H2;8*1H4. The van der Waals surface area contributed by atoms with E-state index in [1.807, 2.05) is 0 Å². The number of hydrogen-bond acceptors (Lipinski definition) is 3. The molecule has 19 heavy (non-hydrogen) atoms. The van der Waals surface area contributed by atoms with Crippen LogP contribution in [0.5, 0.6) is 0 Å². The fourth-order valence-electron chi connectivity index (χ4n) is 0.864. The SMILES string of the molecule is C.C.C.C.C.C.C.C.C1CCCOCC1.OCCO. The van der Waals surface area contributed by atoms with Crippen LogP contribution in [0.3, 0.4) is 0 Å². The maximum Gasteiger partial charge on any atom is 0.0662 e. The van der Waals surface area contributed by atoms with Gasteiger partial charge in [-0.25, -0.2) is 0 Å². The molecule has 1 rings (SSSR count). The molecule has 1 aliphatic rings. The highest BCUT2D eigenvalue weighted by molar-refractivity contribution is 4.46. The van der Waals surface area contributed by atoms with Gasteiger partial charge in [-0.1, -0.05) is 72.3 Å². The average Bonchev–Trinajstić information content (AvgIpc) is 2.35. The Morgan fingerprint density at radius 2 is 0.789 bits per heavy atom. The van der Waals surface area contributed by atoms with Crippen molar-refractivity contribution < 1.29 is 14.9 Å². The fraction of sp³-hybridized carbons (Fsp3) is 1.00. The molecular formula is C16H50O3. The Balaban J connectivity index is -0.0000000112. The van der Waals surface area contributed by atoms with Gasteiger partial charge in [-0.2, -0.15) is 0 Å². The molecule has 0 aromatic carbocycles.